The third-order valence-corrected chi connectivity index (χ3v) is 3.33. The monoisotopic (exact) mass is 319 g/mol. The van der Waals surface area contributed by atoms with Crippen molar-refractivity contribution in [2.75, 3.05) is 11.9 Å². The highest BCUT2D eigenvalue weighted by Gasteiger charge is 2.13. The largest absolute Gasteiger partial charge is 0.494 e. The molecule has 0 unspecified atom stereocenters. The molecule has 2 aromatic carbocycles. The Bertz CT molecular complexity index is 636. The zero-order chi connectivity index (χ0) is 16.7. The van der Waals surface area contributed by atoms with Crippen molar-refractivity contribution in [2.45, 2.75) is 26.2 Å². The van der Waals surface area contributed by atoms with Gasteiger partial charge in [-0.2, -0.15) is 0 Å². The molecule has 3 nitrogen and oxygen atoms in total. The molecule has 0 aliphatic rings. The first kappa shape index (κ1) is 16.9. The second-order valence-electron chi connectivity index (χ2n) is 5.13. The molecule has 122 valence electrons. The molecule has 2 aromatic rings. The van der Waals surface area contributed by atoms with Crippen LogP contribution in [0, 0.1) is 11.6 Å². The number of halogens is 2. The minimum Gasteiger partial charge on any atom is -0.494 e. The van der Waals surface area contributed by atoms with Crippen molar-refractivity contribution in [3.8, 4) is 5.75 Å². The molecule has 1 amide bonds. The van der Waals surface area contributed by atoms with E-state index < -0.39 is 23.2 Å². The lowest BCUT2D eigenvalue weighted by Gasteiger charge is -2.09. The summed E-state index contributed by atoms with van der Waals surface area (Å²) in [7, 11) is 0. The summed E-state index contributed by atoms with van der Waals surface area (Å²) in [6.45, 7) is 2.74. The molecule has 2 rings (SSSR count). The fourth-order valence-corrected chi connectivity index (χ4v) is 2.05. The van der Waals surface area contributed by atoms with Gasteiger partial charge in [0.15, 0.2) is 0 Å². The normalized spacial score (nSPS) is 10.4. The van der Waals surface area contributed by atoms with Gasteiger partial charge in [-0.1, -0.05) is 25.8 Å². The van der Waals surface area contributed by atoms with Crippen molar-refractivity contribution in [1.82, 2.24) is 0 Å². The maximum Gasteiger partial charge on any atom is 0.255 e. The van der Waals surface area contributed by atoms with E-state index in [1.165, 1.54) is 6.07 Å². The maximum absolute atomic E-state index is 13.5. The van der Waals surface area contributed by atoms with Crippen LogP contribution in [0.4, 0.5) is 14.5 Å². The number of unbranched alkanes of at least 4 members (excludes halogenated alkanes) is 2. The zero-order valence-corrected chi connectivity index (χ0v) is 12.9. The Morgan fingerprint density at radius 3 is 2.30 bits per heavy atom. The summed E-state index contributed by atoms with van der Waals surface area (Å²) in [5.74, 6) is -1.54. The Labute approximate surface area is 134 Å². The van der Waals surface area contributed by atoms with Crippen LogP contribution in [0.3, 0.4) is 0 Å². The molecule has 0 heterocycles. The highest BCUT2D eigenvalue weighted by atomic mass is 19.1. The molecule has 0 saturated heterocycles. The summed E-state index contributed by atoms with van der Waals surface area (Å²) >= 11 is 0. The molecule has 0 saturated carbocycles. The van der Waals surface area contributed by atoms with Crippen molar-refractivity contribution >= 4 is 11.6 Å². The first-order valence-corrected chi connectivity index (χ1v) is 7.60. The maximum atomic E-state index is 13.5. The highest BCUT2D eigenvalue weighted by molar-refractivity contribution is 6.04. The first-order chi connectivity index (χ1) is 11.1. The van der Waals surface area contributed by atoms with Crippen LogP contribution in [0.2, 0.25) is 0 Å². The Kier molecular flexibility index (Phi) is 6.09. The molecule has 0 aliphatic carbocycles. The minimum atomic E-state index is -0.811. The number of carbonyl (C=O) groups excluding carboxylic acids is 1. The van der Waals surface area contributed by atoms with Crippen LogP contribution in [0.15, 0.2) is 42.5 Å². The average molecular weight is 319 g/mol. The molecular formula is C18H19F2NO2. The van der Waals surface area contributed by atoms with Crippen LogP contribution in [0.5, 0.6) is 5.75 Å². The minimum absolute atomic E-state index is 0.300. The molecular weight excluding hydrogens is 300 g/mol. The number of ether oxygens (including phenoxy) is 1. The molecule has 23 heavy (non-hydrogen) atoms. The van der Waals surface area contributed by atoms with Gasteiger partial charge in [-0.3, -0.25) is 4.79 Å². The third kappa shape index (κ3) is 4.77. The lowest BCUT2D eigenvalue weighted by molar-refractivity contribution is 0.102. The summed E-state index contributed by atoms with van der Waals surface area (Å²) in [5.41, 5.74) is -0.147. The van der Waals surface area contributed by atoms with E-state index in [1.54, 1.807) is 24.3 Å². The summed E-state index contributed by atoms with van der Waals surface area (Å²) in [5, 5.41) is 2.24. The predicted octanol–water partition coefficient (Wildman–Crippen LogP) is 4.79. The number of carbonyl (C=O) groups is 1. The third-order valence-electron chi connectivity index (χ3n) is 3.33. The van der Waals surface area contributed by atoms with Gasteiger partial charge in [0, 0.05) is 5.56 Å². The first-order valence-electron chi connectivity index (χ1n) is 7.60. The van der Waals surface area contributed by atoms with Crippen LogP contribution < -0.4 is 10.1 Å². The fraction of sp³-hybridized carbons (Fsp3) is 0.278. The molecule has 0 fully saturated rings. The Balaban J connectivity index is 1.97. The summed E-state index contributed by atoms with van der Waals surface area (Å²) < 4.78 is 32.6. The predicted molar refractivity (Wildman–Crippen MR) is 85.8 cm³/mol. The van der Waals surface area contributed by atoms with Crippen LogP contribution in [0.1, 0.15) is 36.5 Å². The summed E-state index contributed by atoms with van der Waals surface area (Å²) in [6.07, 6.45) is 3.20. The molecule has 0 bridgehead atoms. The van der Waals surface area contributed by atoms with Gasteiger partial charge < -0.3 is 10.1 Å². The van der Waals surface area contributed by atoms with E-state index in [2.05, 4.69) is 12.2 Å². The molecule has 0 aromatic heterocycles. The lowest BCUT2D eigenvalue weighted by Crippen LogP contribution is -2.14. The van der Waals surface area contributed by atoms with Gasteiger partial charge in [0.25, 0.3) is 5.91 Å². The number of nitrogens with one attached hydrogen (secondary N) is 1. The van der Waals surface area contributed by atoms with Gasteiger partial charge >= 0.3 is 0 Å². The highest BCUT2D eigenvalue weighted by Crippen LogP contribution is 2.20. The van der Waals surface area contributed by atoms with Crippen molar-refractivity contribution in [3.05, 3.63) is 59.7 Å². The van der Waals surface area contributed by atoms with E-state index in [1.807, 2.05) is 0 Å². The van der Waals surface area contributed by atoms with Crippen molar-refractivity contribution in [2.24, 2.45) is 0 Å². The van der Waals surface area contributed by atoms with Crippen molar-refractivity contribution in [3.63, 3.8) is 0 Å². The van der Waals surface area contributed by atoms with Gasteiger partial charge in [0.05, 0.1) is 6.61 Å². The smallest absolute Gasteiger partial charge is 0.255 e. The number of benzene rings is 2. The molecule has 0 spiro atoms. The SMILES string of the molecule is CCCCCOc1ccc(C(=O)Nc2c(F)cccc2F)cc1. The number of amides is 1. The molecule has 0 atom stereocenters. The fourth-order valence-electron chi connectivity index (χ4n) is 2.05. The number of hydrogen-bond acceptors (Lipinski definition) is 2. The van der Waals surface area contributed by atoms with Gasteiger partial charge in [0.2, 0.25) is 0 Å². The van der Waals surface area contributed by atoms with E-state index in [0.29, 0.717) is 17.9 Å². The van der Waals surface area contributed by atoms with Gasteiger partial charge in [0.1, 0.15) is 23.1 Å². The molecule has 0 radical (unpaired) electrons. The Morgan fingerprint density at radius 1 is 1.04 bits per heavy atom. The van der Waals surface area contributed by atoms with E-state index in [9.17, 15) is 13.6 Å². The number of hydrogen-bond donors (Lipinski definition) is 1. The Hall–Kier alpha value is -2.43. The summed E-state index contributed by atoms with van der Waals surface area (Å²) in [6, 6.07) is 9.87. The van der Waals surface area contributed by atoms with Crippen LogP contribution in [-0.4, -0.2) is 12.5 Å². The van der Waals surface area contributed by atoms with Crippen LogP contribution in [-0.2, 0) is 0 Å². The zero-order valence-electron chi connectivity index (χ0n) is 12.9. The standard InChI is InChI=1S/C18H19F2NO2/c1-2-3-4-12-23-14-10-8-13(9-11-14)18(22)21-17-15(19)6-5-7-16(17)20/h5-11H,2-4,12H2,1H3,(H,21,22). The average Bonchev–Trinajstić information content (AvgIpc) is 2.55. The van der Waals surface area contributed by atoms with Crippen LogP contribution >= 0.6 is 0 Å². The van der Waals surface area contributed by atoms with Gasteiger partial charge in [-0.15, -0.1) is 0 Å². The second kappa shape index (κ2) is 8.27. The van der Waals surface area contributed by atoms with Gasteiger partial charge in [-0.05, 0) is 42.8 Å². The van der Waals surface area contributed by atoms with Crippen molar-refractivity contribution in [1.29, 1.82) is 0 Å². The molecule has 5 heteroatoms. The quantitative estimate of drug-likeness (QED) is 0.745. The number of anilines is 1. The number of rotatable bonds is 7. The van der Waals surface area contributed by atoms with E-state index in [-0.39, 0.29) is 0 Å². The molecule has 1 N–H and O–H groups in total. The van der Waals surface area contributed by atoms with Gasteiger partial charge in [-0.25, -0.2) is 8.78 Å². The second-order valence-corrected chi connectivity index (χ2v) is 5.13. The summed E-state index contributed by atoms with van der Waals surface area (Å²) in [4.78, 5) is 12.0. The topological polar surface area (TPSA) is 38.3 Å². The van der Waals surface area contributed by atoms with E-state index in [4.69, 9.17) is 4.74 Å². The van der Waals surface area contributed by atoms with E-state index in [0.717, 1.165) is 31.4 Å². The van der Waals surface area contributed by atoms with Crippen molar-refractivity contribution < 1.29 is 18.3 Å². The number of para-hydroxylation sites is 1. The van der Waals surface area contributed by atoms with E-state index >= 15 is 0 Å². The molecule has 0 aliphatic heterocycles. The lowest BCUT2D eigenvalue weighted by atomic mass is 10.2. The Morgan fingerprint density at radius 2 is 1.70 bits per heavy atom. The van der Waals surface area contributed by atoms with Crippen LogP contribution in [0.25, 0.3) is 0 Å².